The Morgan fingerprint density at radius 2 is 2.11 bits per heavy atom. The molecule has 54 valence electrons. The van der Waals surface area contributed by atoms with Gasteiger partial charge in [0.1, 0.15) is 0 Å². The molecule has 0 aromatic rings. The zero-order chi connectivity index (χ0) is 7.11. The number of hydrogen-bond donors (Lipinski definition) is 0. The summed E-state index contributed by atoms with van der Waals surface area (Å²) in [5.41, 5.74) is 0. The molecule has 0 aromatic heterocycles. The van der Waals surface area contributed by atoms with Crippen molar-refractivity contribution >= 4 is 0 Å². The van der Waals surface area contributed by atoms with E-state index in [1.807, 2.05) is 0 Å². The SMILES string of the molecule is C/C=C/CC[C@@H](C)CC. The molecule has 0 nitrogen and oxygen atoms in total. The molecule has 0 heterocycles. The smallest absolute Gasteiger partial charge is 0.0348 e. The second-order valence-corrected chi connectivity index (χ2v) is 2.66. The summed E-state index contributed by atoms with van der Waals surface area (Å²) in [6.45, 7) is 6.64. The van der Waals surface area contributed by atoms with Crippen LogP contribution in [0.15, 0.2) is 12.2 Å². The minimum atomic E-state index is 0.904. The van der Waals surface area contributed by atoms with E-state index in [4.69, 9.17) is 0 Å². The highest BCUT2D eigenvalue weighted by Gasteiger charge is 1.93. The molecular weight excluding hydrogens is 108 g/mol. The molecule has 0 rings (SSSR count). The van der Waals surface area contributed by atoms with Crippen LogP contribution in [0, 0.1) is 5.92 Å². The Morgan fingerprint density at radius 1 is 1.44 bits per heavy atom. The van der Waals surface area contributed by atoms with Crippen LogP contribution in [0.3, 0.4) is 0 Å². The lowest BCUT2D eigenvalue weighted by atomic mass is 10.0. The Kier molecular flexibility index (Phi) is 5.70. The monoisotopic (exact) mass is 126 g/mol. The Morgan fingerprint density at radius 3 is 2.56 bits per heavy atom. The van der Waals surface area contributed by atoms with Gasteiger partial charge in [-0.15, -0.1) is 0 Å². The van der Waals surface area contributed by atoms with Crippen LogP contribution in [-0.4, -0.2) is 0 Å². The van der Waals surface area contributed by atoms with Crippen LogP contribution in [0.1, 0.15) is 40.0 Å². The van der Waals surface area contributed by atoms with Crippen LogP contribution >= 0.6 is 0 Å². The van der Waals surface area contributed by atoms with Gasteiger partial charge in [0.2, 0.25) is 0 Å². The van der Waals surface area contributed by atoms with Crippen LogP contribution in [0.25, 0.3) is 0 Å². The van der Waals surface area contributed by atoms with Crippen molar-refractivity contribution in [2.45, 2.75) is 40.0 Å². The molecule has 0 N–H and O–H groups in total. The Bertz CT molecular complexity index is 72.1. The van der Waals surface area contributed by atoms with Gasteiger partial charge < -0.3 is 0 Å². The summed E-state index contributed by atoms with van der Waals surface area (Å²) in [5, 5.41) is 0. The highest BCUT2D eigenvalue weighted by Crippen LogP contribution is 2.08. The van der Waals surface area contributed by atoms with E-state index >= 15 is 0 Å². The minimum Gasteiger partial charge on any atom is -0.0917 e. The van der Waals surface area contributed by atoms with E-state index in [9.17, 15) is 0 Å². The first-order valence-corrected chi connectivity index (χ1v) is 3.92. The maximum atomic E-state index is 2.31. The molecule has 0 unspecified atom stereocenters. The van der Waals surface area contributed by atoms with Crippen molar-refractivity contribution in [3.8, 4) is 0 Å². The molecule has 0 radical (unpaired) electrons. The van der Waals surface area contributed by atoms with Gasteiger partial charge in [-0.25, -0.2) is 0 Å². The maximum absolute atomic E-state index is 2.31. The van der Waals surface area contributed by atoms with Crippen molar-refractivity contribution in [1.29, 1.82) is 0 Å². The fourth-order valence-electron chi connectivity index (χ4n) is 0.752. The second kappa shape index (κ2) is 5.87. The molecule has 0 amide bonds. The number of allylic oxidation sites excluding steroid dienone is 2. The van der Waals surface area contributed by atoms with Gasteiger partial charge in [0, 0.05) is 0 Å². The highest BCUT2D eigenvalue weighted by atomic mass is 14.0. The maximum Gasteiger partial charge on any atom is -0.0348 e. The Labute approximate surface area is 59.0 Å². The van der Waals surface area contributed by atoms with E-state index in [1.165, 1.54) is 19.3 Å². The molecule has 9 heavy (non-hydrogen) atoms. The minimum absolute atomic E-state index is 0.904. The fraction of sp³-hybridized carbons (Fsp3) is 0.778. The van der Waals surface area contributed by atoms with Crippen LogP contribution in [0.5, 0.6) is 0 Å². The van der Waals surface area contributed by atoms with Crippen molar-refractivity contribution in [3.63, 3.8) is 0 Å². The Hall–Kier alpha value is -0.260. The molecule has 1 atom stereocenters. The summed E-state index contributed by atoms with van der Waals surface area (Å²) >= 11 is 0. The lowest BCUT2D eigenvalue weighted by Gasteiger charge is -2.03. The number of rotatable bonds is 4. The largest absolute Gasteiger partial charge is 0.0917 e. The van der Waals surface area contributed by atoms with E-state index in [-0.39, 0.29) is 0 Å². The van der Waals surface area contributed by atoms with Crippen LogP contribution in [0.4, 0.5) is 0 Å². The highest BCUT2D eigenvalue weighted by molar-refractivity contribution is 4.76. The van der Waals surface area contributed by atoms with E-state index < -0.39 is 0 Å². The zero-order valence-corrected chi connectivity index (χ0v) is 6.85. The fourth-order valence-corrected chi connectivity index (χ4v) is 0.752. The van der Waals surface area contributed by atoms with Crippen molar-refractivity contribution in [3.05, 3.63) is 12.2 Å². The summed E-state index contributed by atoms with van der Waals surface area (Å²) in [7, 11) is 0. The molecule has 0 aliphatic rings. The van der Waals surface area contributed by atoms with Crippen molar-refractivity contribution in [2.24, 2.45) is 5.92 Å². The summed E-state index contributed by atoms with van der Waals surface area (Å²) in [6.07, 6.45) is 8.29. The first kappa shape index (κ1) is 8.74. The van der Waals surface area contributed by atoms with Gasteiger partial charge >= 0.3 is 0 Å². The van der Waals surface area contributed by atoms with Gasteiger partial charge in [0.15, 0.2) is 0 Å². The first-order chi connectivity index (χ1) is 4.31. The van der Waals surface area contributed by atoms with E-state index in [0.29, 0.717) is 0 Å². The van der Waals surface area contributed by atoms with E-state index in [0.717, 1.165) is 5.92 Å². The Balaban J connectivity index is 3.06. The molecule has 0 aromatic carbocycles. The summed E-state index contributed by atoms with van der Waals surface area (Å²) < 4.78 is 0. The van der Waals surface area contributed by atoms with Crippen LogP contribution in [0.2, 0.25) is 0 Å². The third-order valence-corrected chi connectivity index (χ3v) is 1.76. The quantitative estimate of drug-likeness (QED) is 0.506. The predicted octanol–water partition coefficient (Wildman–Crippen LogP) is 3.39. The average Bonchev–Trinajstić information content (AvgIpc) is 1.89. The van der Waals surface area contributed by atoms with E-state index in [1.54, 1.807) is 0 Å². The third-order valence-electron chi connectivity index (χ3n) is 1.76. The first-order valence-electron chi connectivity index (χ1n) is 3.92. The van der Waals surface area contributed by atoms with Gasteiger partial charge in [-0.2, -0.15) is 0 Å². The molecule has 0 fully saturated rings. The van der Waals surface area contributed by atoms with Crippen molar-refractivity contribution in [2.75, 3.05) is 0 Å². The second-order valence-electron chi connectivity index (χ2n) is 2.66. The molecule has 0 bridgehead atoms. The van der Waals surface area contributed by atoms with E-state index in [2.05, 4.69) is 32.9 Å². The summed E-state index contributed by atoms with van der Waals surface area (Å²) in [6, 6.07) is 0. The lowest BCUT2D eigenvalue weighted by Crippen LogP contribution is -1.89. The predicted molar refractivity (Wildman–Crippen MR) is 43.5 cm³/mol. The van der Waals surface area contributed by atoms with Gasteiger partial charge in [-0.1, -0.05) is 32.4 Å². The standard InChI is InChI=1S/C9H18/c1-4-6-7-8-9(3)5-2/h4,6,9H,5,7-8H2,1-3H3/b6-4+/t9-/m0/s1. The zero-order valence-electron chi connectivity index (χ0n) is 6.85. The molecule has 0 saturated heterocycles. The molecule has 0 aliphatic heterocycles. The lowest BCUT2D eigenvalue weighted by molar-refractivity contribution is 0.521. The van der Waals surface area contributed by atoms with Gasteiger partial charge in [-0.3, -0.25) is 0 Å². The molecular formula is C9H18. The topological polar surface area (TPSA) is 0 Å². The normalized spacial score (nSPS) is 14.6. The van der Waals surface area contributed by atoms with Gasteiger partial charge in [-0.05, 0) is 25.7 Å². The molecule has 0 heteroatoms. The van der Waals surface area contributed by atoms with Crippen LogP contribution in [-0.2, 0) is 0 Å². The van der Waals surface area contributed by atoms with Crippen molar-refractivity contribution in [1.82, 2.24) is 0 Å². The summed E-state index contributed by atoms with van der Waals surface area (Å²) in [5.74, 6) is 0.904. The molecule has 0 spiro atoms. The van der Waals surface area contributed by atoms with Gasteiger partial charge in [0.25, 0.3) is 0 Å². The summed E-state index contributed by atoms with van der Waals surface area (Å²) in [4.78, 5) is 0. The average molecular weight is 126 g/mol. The number of hydrogen-bond acceptors (Lipinski definition) is 0. The molecule has 0 saturated carbocycles. The van der Waals surface area contributed by atoms with Gasteiger partial charge in [0.05, 0.1) is 0 Å². The van der Waals surface area contributed by atoms with Crippen LogP contribution < -0.4 is 0 Å². The van der Waals surface area contributed by atoms with Crippen molar-refractivity contribution < 1.29 is 0 Å². The molecule has 0 aliphatic carbocycles. The third kappa shape index (κ3) is 5.61.